The molecule has 5 nitrogen and oxygen atoms in total. The van der Waals surface area contributed by atoms with E-state index >= 15 is 0 Å². The number of carbonyl (C=O) groups excluding carboxylic acids is 3. The zero-order valence-corrected chi connectivity index (χ0v) is 13.0. The molecule has 1 saturated carbocycles. The molecule has 0 radical (unpaired) electrons. The van der Waals surface area contributed by atoms with Gasteiger partial charge in [0, 0.05) is 19.5 Å². The van der Waals surface area contributed by atoms with Gasteiger partial charge >= 0.3 is 6.18 Å². The molecule has 3 amide bonds. The zero-order valence-electron chi connectivity index (χ0n) is 13.0. The highest BCUT2D eigenvalue weighted by atomic mass is 19.4. The molecule has 132 valence electrons. The molecule has 3 aliphatic rings. The second-order valence-corrected chi connectivity index (χ2v) is 6.65. The fourth-order valence-corrected chi connectivity index (χ4v) is 3.99. The Bertz CT molecular complexity index is 558. The van der Waals surface area contributed by atoms with Crippen LogP contribution in [0.15, 0.2) is 12.2 Å². The van der Waals surface area contributed by atoms with E-state index in [0.29, 0.717) is 6.42 Å². The molecule has 4 atom stereocenters. The molecule has 1 heterocycles. The van der Waals surface area contributed by atoms with Crippen LogP contribution < -0.4 is 5.32 Å². The molecule has 0 spiro atoms. The number of hydrogen-bond donors (Lipinski definition) is 1. The van der Waals surface area contributed by atoms with Crippen molar-refractivity contribution in [2.24, 2.45) is 23.7 Å². The van der Waals surface area contributed by atoms with Gasteiger partial charge in [-0.2, -0.15) is 13.2 Å². The summed E-state index contributed by atoms with van der Waals surface area (Å²) in [6.07, 6.45) is -0.863. The average Bonchev–Trinajstić information content (AvgIpc) is 3.17. The first-order valence-electron chi connectivity index (χ1n) is 8.15. The first kappa shape index (κ1) is 17.0. The standard InChI is InChI=1S/C16H19F3N2O3/c17-16(18,19)5-4-11(22)20-6-1-7-21-14(23)12-9-2-3-10(8-9)13(12)15(21)24/h2-3,9-10,12-13H,1,4-8H2,(H,20,22). The van der Waals surface area contributed by atoms with Gasteiger partial charge in [0.15, 0.2) is 0 Å². The predicted octanol–water partition coefficient (Wildman–Crippen LogP) is 1.64. The van der Waals surface area contributed by atoms with Crippen molar-refractivity contribution in [1.82, 2.24) is 10.2 Å². The molecule has 8 heteroatoms. The van der Waals surface area contributed by atoms with Gasteiger partial charge in [-0.3, -0.25) is 19.3 Å². The van der Waals surface area contributed by atoms with Crippen molar-refractivity contribution in [3.05, 3.63) is 12.2 Å². The highest BCUT2D eigenvalue weighted by molar-refractivity contribution is 6.06. The predicted molar refractivity (Wildman–Crippen MR) is 77.4 cm³/mol. The second-order valence-electron chi connectivity index (χ2n) is 6.65. The molecule has 1 saturated heterocycles. The highest BCUT2D eigenvalue weighted by Gasteiger charge is 2.58. The summed E-state index contributed by atoms with van der Waals surface area (Å²) in [6.45, 7) is 0.345. The Morgan fingerprint density at radius 1 is 1.17 bits per heavy atom. The lowest BCUT2D eigenvalue weighted by Crippen LogP contribution is -2.36. The van der Waals surface area contributed by atoms with Crippen LogP contribution >= 0.6 is 0 Å². The number of alkyl halides is 3. The van der Waals surface area contributed by atoms with Crippen LogP contribution in [0.25, 0.3) is 0 Å². The lowest BCUT2D eigenvalue weighted by atomic mass is 9.85. The maximum Gasteiger partial charge on any atom is 0.389 e. The average molecular weight is 344 g/mol. The molecule has 24 heavy (non-hydrogen) atoms. The van der Waals surface area contributed by atoms with E-state index in [0.717, 1.165) is 6.42 Å². The molecular weight excluding hydrogens is 325 g/mol. The van der Waals surface area contributed by atoms with Gasteiger partial charge in [-0.05, 0) is 24.7 Å². The quantitative estimate of drug-likeness (QED) is 0.453. The Morgan fingerprint density at radius 3 is 2.29 bits per heavy atom. The number of rotatable bonds is 6. The number of likely N-dealkylation sites (tertiary alicyclic amines) is 1. The molecule has 1 N–H and O–H groups in total. The van der Waals surface area contributed by atoms with E-state index in [1.54, 1.807) is 0 Å². The van der Waals surface area contributed by atoms with E-state index in [2.05, 4.69) is 5.32 Å². The lowest BCUT2D eigenvalue weighted by molar-refractivity contribution is -0.144. The maximum atomic E-state index is 12.4. The smallest absolute Gasteiger partial charge is 0.356 e. The molecule has 4 unspecified atom stereocenters. The topological polar surface area (TPSA) is 66.5 Å². The second kappa shape index (κ2) is 6.22. The Morgan fingerprint density at radius 2 is 1.75 bits per heavy atom. The van der Waals surface area contributed by atoms with Crippen molar-refractivity contribution in [1.29, 1.82) is 0 Å². The summed E-state index contributed by atoms with van der Waals surface area (Å²) in [6, 6.07) is 0. The Kier molecular flexibility index (Phi) is 4.40. The highest BCUT2D eigenvalue weighted by Crippen LogP contribution is 2.52. The number of fused-ring (bicyclic) bond motifs is 5. The summed E-state index contributed by atoms with van der Waals surface area (Å²) in [5, 5.41) is 2.39. The van der Waals surface area contributed by atoms with Gasteiger partial charge in [-0.1, -0.05) is 12.2 Å². The number of carbonyl (C=O) groups is 3. The van der Waals surface area contributed by atoms with Crippen LogP contribution in [0.1, 0.15) is 25.7 Å². The van der Waals surface area contributed by atoms with E-state index in [4.69, 9.17) is 0 Å². The van der Waals surface area contributed by atoms with Crippen molar-refractivity contribution < 1.29 is 27.6 Å². The normalized spacial score (nSPS) is 31.0. The fraction of sp³-hybridized carbons (Fsp3) is 0.688. The van der Waals surface area contributed by atoms with Crippen molar-refractivity contribution in [2.75, 3.05) is 13.1 Å². The summed E-state index contributed by atoms with van der Waals surface area (Å²) >= 11 is 0. The van der Waals surface area contributed by atoms with E-state index in [-0.39, 0.29) is 48.6 Å². The van der Waals surface area contributed by atoms with Crippen LogP contribution in [-0.2, 0) is 14.4 Å². The first-order valence-corrected chi connectivity index (χ1v) is 8.15. The molecule has 1 aliphatic heterocycles. The van der Waals surface area contributed by atoms with Crippen LogP contribution in [0.5, 0.6) is 0 Å². The zero-order chi connectivity index (χ0) is 17.5. The van der Waals surface area contributed by atoms with Gasteiger partial charge in [0.25, 0.3) is 0 Å². The summed E-state index contributed by atoms with van der Waals surface area (Å²) < 4.78 is 36.0. The third-order valence-electron chi connectivity index (χ3n) is 5.08. The van der Waals surface area contributed by atoms with Crippen molar-refractivity contribution in [3.8, 4) is 0 Å². The summed E-state index contributed by atoms with van der Waals surface area (Å²) in [5.74, 6) is -1.14. The monoisotopic (exact) mass is 344 g/mol. The molecular formula is C16H19F3N2O3. The minimum absolute atomic E-state index is 0.147. The van der Waals surface area contributed by atoms with Gasteiger partial charge in [0.2, 0.25) is 17.7 Å². The molecule has 2 bridgehead atoms. The van der Waals surface area contributed by atoms with Gasteiger partial charge in [0.1, 0.15) is 0 Å². The van der Waals surface area contributed by atoms with Gasteiger partial charge < -0.3 is 5.32 Å². The van der Waals surface area contributed by atoms with Crippen LogP contribution in [0, 0.1) is 23.7 Å². The number of hydrogen-bond acceptors (Lipinski definition) is 3. The number of amides is 3. The summed E-state index contributed by atoms with van der Waals surface area (Å²) in [7, 11) is 0. The molecule has 0 aromatic rings. The van der Waals surface area contributed by atoms with Crippen LogP contribution in [0.3, 0.4) is 0 Å². The first-order chi connectivity index (χ1) is 11.3. The Balaban J connectivity index is 1.41. The van der Waals surface area contributed by atoms with Gasteiger partial charge in [0.05, 0.1) is 18.3 Å². The minimum Gasteiger partial charge on any atom is -0.356 e. The number of imide groups is 1. The van der Waals surface area contributed by atoms with Gasteiger partial charge in [-0.15, -0.1) is 0 Å². The van der Waals surface area contributed by atoms with Gasteiger partial charge in [-0.25, -0.2) is 0 Å². The number of halogens is 3. The van der Waals surface area contributed by atoms with E-state index in [1.165, 1.54) is 4.90 Å². The van der Waals surface area contributed by atoms with Crippen LogP contribution in [0.2, 0.25) is 0 Å². The molecule has 2 aliphatic carbocycles. The van der Waals surface area contributed by atoms with E-state index in [9.17, 15) is 27.6 Å². The van der Waals surface area contributed by atoms with E-state index < -0.39 is 24.9 Å². The number of allylic oxidation sites excluding steroid dienone is 2. The SMILES string of the molecule is O=C(CCC(F)(F)F)NCCCN1C(=O)C2C3C=CC(C3)C2C1=O. The third kappa shape index (κ3) is 3.18. The number of nitrogens with zero attached hydrogens (tertiary/aromatic N) is 1. The van der Waals surface area contributed by atoms with Crippen molar-refractivity contribution in [3.63, 3.8) is 0 Å². The maximum absolute atomic E-state index is 12.4. The lowest BCUT2D eigenvalue weighted by Gasteiger charge is -2.17. The summed E-state index contributed by atoms with van der Waals surface area (Å²) in [5.41, 5.74) is 0. The van der Waals surface area contributed by atoms with Crippen molar-refractivity contribution in [2.45, 2.75) is 31.9 Å². The number of nitrogens with one attached hydrogen (secondary N) is 1. The molecule has 0 aromatic carbocycles. The molecule has 0 aromatic heterocycles. The minimum atomic E-state index is -4.35. The Labute approximate surface area is 137 Å². The van der Waals surface area contributed by atoms with E-state index in [1.807, 2.05) is 12.2 Å². The fourth-order valence-electron chi connectivity index (χ4n) is 3.99. The molecule has 3 rings (SSSR count). The molecule has 2 fully saturated rings. The van der Waals surface area contributed by atoms with Crippen molar-refractivity contribution >= 4 is 17.7 Å². The third-order valence-corrected chi connectivity index (χ3v) is 5.08. The largest absolute Gasteiger partial charge is 0.389 e. The Hall–Kier alpha value is -1.86. The van der Waals surface area contributed by atoms with Crippen LogP contribution in [0.4, 0.5) is 13.2 Å². The van der Waals surface area contributed by atoms with Crippen LogP contribution in [-0.4, -0.2) is 41.9 Å². The summed E-state index contributed by atoms with van der Waals surface area (Å²) in [4.78, 5) is 37.3.